The van der Waals surface area contributed by atoms with E-state index in [2.05, 4.69) is 23.4 Å². The first kappa shape index (κ1) is 12.6. The number of rotatable bonds is 5. The summed E-state index contributed by atoms with van der Waals surface area (Å²) in [5, 5.41) is 10.3. The molecule has 3 atom stereocenters. The molecule has 3 nitrogen and oxygen atoms in total. The molecule has 0 radical (unpaired) electrons. The van der Waals surface area contributed by atoms with Gasteiger partial charge in [-0.15, -0.1) is 0 Å². The Morgan fingerprint density at radius 2 is 2.35 bits per heavy atom. The molecule has 0 spiro atoms. The van der Waals surface area contributed by atoms with Gasteiger partial charge < -0.3 is 9.67 Å². The van der Waals surface area contributed by atoms with Crippen molar-refractivity contribution in [2.75, 3.05) is 0 Å². The van der Waals surface area contributed by atoms with Crippen molar-refractivity contribution in [2.24, 2.45) is 11.8 Å². The Kier molecular flexibility index (Phi) is 4.21. The number of hydrogen-bond acceptors (Lipinski definition) is 2. The highest BCUT2D eigenvalue weighted by Crippen LogP contribution is 2.33. The first-order valence-electron chi connectivity index (χ1n) is 6.88. The SMILES string of the molecule is CCCn1ccnc1CC(O)C1CCC(C)C1. The molecule has 0 aromatic carbocycles. The van der Waals surface area contributed by atoms with E-state index < -0.39 is 0 Å². The van der Waals surface area contributed by atoms with Crippen molar-refractivity contribution in [1.82, 2.24) is 9.55 Å². The van der Waals surface area contributed by atoms with E-state index in [-0.39, 0.29) is 6.10 Å². The molecule has 0 bridgehead atoms. The Morgan fingerprint density at radius 1 is 1.53 bits per heavy atom. The number of imidazole rings is 1. The maximum absolute atomic E-state index is 10.3. The molecular weight excluding hydrogens is 212 g/mol. The summed E-state index contributed by atoms with van der Waals surface area (Å²) < 4.78 is 2.17. The smallest absolute Gasteiger partial charge is 0.111 e. The molecule has 3 unspecified atom stereocenters. The monoisotopic (exact) mass is 236 g/mol. The number of aryl methyl sites for hydroxylation is 1. The highest BCUT2D eigenvalue weighted by molar-refractivity contribution is 4.96. The van der Waals surface area contributed by atoms with E-state index in [0.29, 0.717) is 12.3 Å². The van der Waals surface area contributed by atoms with Crippen molar-refractivity contribution in [3.63, 3.8) is 0 Å². The van der Waals surface area contributed by atoms with E-state index >= 15 is 0 Å². The second-order valence-corrected chi connectivity index (χ2v) is 5.49. The van der Waals surface area contributed by atoms with Gasteiger partial charge in [0.15, 0.2) is 0 Å². The van der Waals surface area contributed by atoms with Gasteiger partial charge in [0.1, 0.15) is 5.82 Å². The topological polar surface area (TPSA) is 38.0 Å². The fourth-order valence-electron chi connectivity index (χ4n) is 2.93. The molecule has 17 heavy (non-hydrogen) atoms. The van der Waals surface area contributed by atoms with Crippen molar-refractivity contribution in [2.45, 2.75) is 58.6 Å². The van der Waals surface area contributed by atoms with E-state index in [4.69, 9.17) is 0 Å². The molecule has 1 aliphatic rings. The molecule has 1 aliphatic carbocycles. The highest BCUT2D eigenvalue weighted by atomic mass is 16.3. The van der Waals surface area contributed by atoms with Crippen LogP contribution in [0, 0.1) is 11.8 Å². The minimum atomic E-state index is -0.210. The van der Waals surface area contributed by atoms with Crippen LogP contribution < -0.4 is 0 Å². The van der Waals surface area contributed by atoms with Crippen LogP contribution in [0.4, 0.5) is 0 Å². The van der Waals surface area contributed by atoms with Gasteiger partial charge in [0.2, 0.25) is 0 Å². The predicted octanol–water partition coefficient (Wildman–Crippen LogP) is 2.63. The molecular formula is C14H24N2O. The summed E-state index contributed by atoms with van der Waals surface area (Å²) in [6, 6.07) is 0. The first-order valence-corrected chi connectivity index (χ1v) is 6.88. The molecule has 96 valence electrons. The molecule has 1 saturated carbocycles. The summed E-state index contributed by atoms with van der Waals surface area (Å²) in [6.07, 6.45) is 9.10. The van der Waals surface area contributed by atoms with Gasteiger partial charge in [0, 0.05) is 25.4 Å². The lowest BCUT2D eigenvalue weighted by Crippen LogP contribution is -2.22. The number of aliphatic hydroxyl groups is 1. The Labute approximate surface area is 104 Å². The van der Waals surface area contributed by atoms with Crippen LogP contribution in [0.2, 0.25) is 0 Å². The lowest BCUT2D eigenvalue weighted by atomic mass is 9.97. The number of aromatic nitrogens is 2. The lowest BCUT2D eigenvalue weighted by molar-refractivity contribution is 0.106. The van der Waals surface area contributed by atoms with Gasteiger partial charge >= 0.3 is 0 Å². The summed E-state index contributed by atoms with van der Waals surface area (Å²) >= 11 is 0. The largest absolute Gasteiger partial charge is 0.392 e. The quantitative estimate of drug-likeness (QED) is 0.853. The van der Waals surface area contributed by atoms with Crippen LogP contribution in [0.1, 0.15) is 45.4 Å². The average Bonchev–Trinajstić information content (AvgIpc) is 2.89. The molecule has 1 N–H and O–H groups in total. The Morgan fingerprint density at radius 3 is 3.00 bits per heavy atom. The van der Waals surface area contributed by atoms with E-state index in [0.717, 1.165) is 24.7 Å². The van der Waals surface area contributed by atoms with Crippen molar-refractivity contribution in [3.8, 4) is 0 Å². The minimum Gasteiger partial charge on any atom is -0.392 e. The second kappa shape index (κ2) is 5.67. The first-order chi connectivity index (χ1) is 8.20. The molecule has 2 rings (SSSR count). The zero-order chi connectivity index (χ0) is 12.3. The summed E-state index contributed by atoms with van der Waals surface area (Å²) in [6.45, 7) is 5.45. The Bertz CT molecular complexity index is 348. The highest BCUT2D eigenvalue weighted by Gasteiger charge is 2.28. The van der Waals surface area contributed by atoms with E-state index in [1.54, 1.807) is 0 Å². The van der Waals surface area contributed by atoms with Crippen LogP contribution >= 0.6 is 0 Å². The number of nitrogens with zero attached hydrogens (tertiary/aromatic N) is 2. The Hall–Kier alpha value is -0.830. The summed E-state index contributed by atoms with van der Waals surface area (Å²) in [4.78, 5) is 4.37. The van der Waals surface area contributed by atoms with Crippen LogP contribution in [0.15, 0.2) is 12.4 Å². The maximum atomic E-state index is 10.3. The van der Waals surface area contributed by atoms with Crippen LogP contribution in [-0.4, -0.2) is 20.8 Å². The molecule has 1 aromatic rings. The van der Waals surface area contributed by atoms with Gasteiger partial charge in [-0.1, -0.05) is 20.3 Å². The zero-order valence-electron chi connectivity index (χ0n) is 11.0. The fraction of sp³-hybridized carbons (Fsp3) is 0.786. The zero-order valence-corrected chi connectivity index (χ0v) is 11.0. The molecule has 1 aromatic heterocycles. The normalized spacial score (nSPS) is 26.3. The van der Waals surface area contributed by atoms with Crippen LogP contribution in [0.25, 0.3) is 0 Å². The third-order valence-electron chi connectivity index (χ3n) is 3.94. The van der Waals surface area contributed by atoms with Crippen molar-refractivity contribution < 1.29 is 5.11 Å². The lowest BCUT2D eigenvalue weighted by Gasteiger charge is -2.18. The predicted molar refractivity (Wildman–Crippen MR) is 68.7 cm³/mol. The number of aliphatic hydroxyl groups excluding tert-OH is 1. The van der Waals surface area contributed by atoms with Gasteiger partial charge in [-0.2, -0.15) is 0 Å². The average molecular weight is 236 g/mol. The van der Waals surface area contributed by atoms with Crippen LogP contribution in [-0.2, 0) is 13.0 Å². The summed E-state index contributed by atoms with van der Waals surface area (Å²) in [5.74, 6) is 2.31. The number of hydrogen-bond donors (Lipinski definition) is 1. The van der Waals surface area contributed by atoms with Crippen LogP contribution in [0.3, 0.4) is 0 Å². The second-order valence-electron chi connectivity index (χ2n) is 5.49. The molecule has 3 heteroatoms. The molecule has 1 fully saturated rings. The van der Waals surface area contributed by atoms with Crippen LogP contribution in [0.5, 0.6) is 0 Å². The standard InChI is InChI=1S/C14H24N2O/c1-3-7-16-8-6-15-14(16)10-13(17)12-5-4-11(2)9-12/h6,8,11-13,17H,3-5,7,9-10H2,1-2H3. The van der Waals surface area contributed by atoms with Crippen molar-refractivity contribution in [1.29, 1.82) is 0 Å². The summed E-state index contributed by atoms with van der Waals surface area (Å²) in [5.41, 5.74) is 0. The van der Waals surface area contributed by atoms with Gasteiger partial charge in [-0.25, -0.2) is 4.98 Å². The molecule has 0 amide bonds. The maximum Gasteiger partial charge on any atom is 0.111 e. The van der Waals surface area contributed by atoms with Crippen molar-refractivity contribution >= 4 is 0 Å². The third-order valence-corrected chi connectivity index (χ3v) is 3.94. The molecule has 0 saturated heterocycles. The van der Waals surface area contributed by atoms with Gasteiger partial charge in [-0.05, 0) is 31.1 Å². The van der Waals surface area contributed by atoms with E-state index in [9.17, 15) is 5.11 Å². The molecule has 0 aliphatic heterocycles. The van der Waals surface area contributed by atoms with Gasteiger partial charge in [0.05, 0.1) is 6.10 Å². The Balaban J connectivity index is 1.93. The fourth-order valence-corrected chi connectivity index (χ4v) is 2.93. The van der Waals surface area contributed by atoms with Gasteiger partial charge in [0.25, 0.3) is 0 Å². The third kappa shape index (κ3) is 3.09. The van der Waals surface area contributed by atoms with Crippen molar-refractivity contribution in [3.05, 3.63) is 18.2 Å². The van der Waals surface area contributed by atoms with E-state index in [1.165, 1.54) is 19.3 Å². The minimum absolute atomic E-state index is 0.210. The summed E-state index contributed by atoms with van der Waals surface area (Å²) in [7, 11) is 0. The molecule has 1 heterocycles. The van der Waals surface area contributed by atoms with E-state index in [1.807, 2.05) is 12.4 Å². The van der Waals surface area contributed by atoms with Gasteiger partial charge in [-0.3, -0.25) is 0 Å².